The van der Waals surface area contributed by atoms with Crippen LogP contribution in [0.1, 0.15) is 44.4 Å². The van der Waals surface area contributed by atoms with E-state index in [1.54, 1.807) is 6.20 Å². The van der Waals surface area contributed by atoms with Gasteiger partial charge in [0, 0.05) is 50.4 Å². The van der Waals surface area contributed by atoms with Crippen LogP contribution in [0.4, 0.5) is 4.79 Å². The zero-order valence-corrected chi connectivity index (χ0v) is 19.1. The standard InChI is InChI=1S/C23H34N6O3/c1-14(2)25-23(32)26-17-9-18-11-28(12-19-15(3)5-4-8-24-19)13-20(22(31)29(18)10-17)27-21(30)16-6-7-16/h4-5,8,14,16-18,20H,6-7,9-13H2,1-3H3,(H,27,30)(H2,25,26,32)/t17-,18-,20-/m0/s1. The van der Waals surface area contributed by atoms with Gasteiger partial charge in [-0.1, -0.05) is 6.07 Å². The van der Waals surface area contributed by atoms with E-state index in [2.05, 4.69) is 25.8 Å². The molecule has 0 radical (unpaired) electrons. The number of urea groups is 1. The number of fused-ring (bicyclic) bond motifs is 1. The van der Waals surface area contributed by atoms with E-state index in [1.165, 1.54) is 0 Å². The molecule has 174 valence electrons. The SMILES string of the molecule is Cc1cccnc1CN1C[C@@H]2C[C@H](NC(=O)NC(C)C)CN2C(=O)[C@@H](NC(=O)C2CC2)C1. The molecule has 9 heteroatoms. The van der Waals surface area contributed by atoms with Gasteiger partial charge in [0.2, 0.25) is 11.8 Å². The van der Waals surface area contributed by atoms with E-state index in [0.29, 0.717) is 32.6 Å². The summed E-state index contributed by atoms with van der Waals surface area (Å²) in [5.74, 6) is -0.0418. The Labute approximate surface area is 189 Å². The van der Waals surface area contributed by atoms with E-state index in [4.69, 9.17) is 0 Å². The molecule has 1 saturated carbocycles. The van der Waals surface area contributed by atoms with Gasteiger partial charge in [-0.05, 0) is 51.7 Å². The molecular weight excluding hydrogens is 408 g/mol. The minimum atomic E-state index is -0.583. The Morgan fingerprint density at radius 1 is 1.19 bits per heavy atom. The normalized spacial score (nSPS) is 25.9. The van der Waals surface area contributed by atoms with Crippen LogP contribution in [0, 0.1) is 12.8 Å². The number of nitrogens with zero attached hydrogens (tertiary/aromatic N) is 3. The Morgan fingerprint density at radius 3 is 2.66 bits per heavy atom. The van der Waals surface area contributed by atoms with E-state index >= 15 is 0 Å². The number of nitrogens with one attached hydrogen (secondary N) is 3. The van der Waals surface area contributed by atoms with Gasteiger partial charge in [-0.15, -0.1) is 0 Å². The Bertz CT molecular complexity index is 871. The highest BCUT2D eigenvalue weighted by Gasteiger charge is 2.44. The van der Waals surface area contributed by atoms with Crippen molar-refractivity contribution in [2.75, 3.05) is 19.6 Å². The number of aryl methyl sites for hydroxylation is 1. The molecule has 1 aromatic rings. The fraction of sp³-hybridized carbons (Fsp3) is 0.652. The maximum absolute atomic E-state index is 13.4. The molecule has 3 N–H and O–H groups in total. The number of amides is 4. The second-order valence-electron chi connectivity index (χ2n) is 9.65. The topological polar surface area (TPSA) is 107 Å². The maximum Gasteiger partial charge on any atom is 0.315 e. The third-order valence-corrected chi connectivity index (χ3v) is 6.42. The number of hydrogen-bond donors (Lipinski definition) is 3. The molecule has 0 aromatic carbocycles. The summed E-state index contributed by atoms with van der Waals surface area (Å²) in [7, 11) is 0. The summed E-state index contributed by atoms with van der Waals surface area (Å²) in [6.45, 7) is 8.08. The van der Waals surface area contributed by atoms with Crippen molar-refractivity contribution >= 4 is 17.8 Å². The van der Waals surface area contributed by atoms with Gasteiger partial charge in [-0.25, -0.2) is 4.79 Å². The summed E-state index contributed by atoms with van der Waals surface area (Å²) in [5, 5.41) is 8.85. The number of pyridine rings is 1. The lowest BCUT2D eigenvalue weighted by atomic mass is 10.1. The lowest BCUT2D eigenvalue weighted by molar-refractivity contribution is -0.136. The van der Waals surface area contributed by atoms with E-state index in [1.807, 2.05) is 37.8 Å². The Balaban J connectivity index is 1.49. The number of carbonyl (C=O) groups excluding carboxylic acids is 3. The molecule has 1 aliphatic carbocycles. The highest BCUT2D eigenvalue weighted by molar-refractivity contribution is 5.90. The van der Waals surface area contributed by atoms with Crippen LogP contribution in [-0.4, -0.2) is 76.4 Å². The van der Waals surface area contributed by atoms with Crippen molar-refractivity contribution in [1.82, 2.24) is 30.7 Å². The molecule has 4 amide bonds. The van der Waals surface area contributed by atoms with Crippen molar-refractivity contribution in [1.29, 1.82) is 0 Å². The average molecular weight is 443 g/mol. The molecular formula is C23H34N6O3. The number of carbonyl (C=O) groups is 3. The van der Waals surface area contributed by atoms with Gasteiger partial charge in [-0.2, -0.15) is 0 Å². The Hall–Kier alpha value is -2.68. The molecule has 9 nitrogen and oxygen atoms in total. The lowest BCUT2D eigenvalue weighted by Crippen LogP contribution is -2.52. The summed E-state index contributed by atoms with van der Waals surface area (Å²) in [6, 6.07) is 3.07. The monoisotopic (exact) mass is 442 g/mol. The molecule has 1 aromatic heterocycles. The average Bonchev–Trinajstić information content (AvgIpc) is 3.51. The maximum atomic E-state index is 13.4. The Morgan fingerprint density at radius 2 is 1.97 bits per heavy atom. The van der Waals surface area contributed by atoms with Gasteiger partial charge < -0.3 is 20.9 Å². The molecule has 3 fully saturated rings. The predicted octanol–water partition coefficient (Wildman–Crippen LogP) is 0.778. The molecule has 2 aliphatic heterocycles. The fourth-order valence-electron chi connectivity index (χ4n) is 4.63. The molecule has 3 heterocycles. The molecule has 3 aliphatic rings. The minimum Gasteiger partial charge on any atom is -0.343 e. The first kappa shape index (κ1) is 22.5. The lowest BCUT2D eigenvalue weighted by Gasteiger charge is -2.25. The number of hydrogen-bond acceptors (Lipinski definition) is 5. The summed E-state index contributed by atoms with van der Waals surface area (Å²) >= 11 is 0. The van der Waals surface area contributed by atoms with Gasteiger partial charge in [0.1, 0.15) is 6.04 Å². The van der Waals surface area contributed by atoms with Crippen LogP contribution in [0.25, 0.3) is 0 Å². The molecule has 4 rings (SSSR count). The van der Waals surface area contributed by atoms with Crippen molar-refractivity contribution in [3.8, 4) is 0 Å². The summed E-state index contributed by atoms with van der Waals surface area (Å²) < 4.78 is 0. The zero-order valence-electron chi connectivity index (χ0n) is 19.1. The van der Waals surface area contributed by atoms with Crippen LogP contribution in [0.5, 0.6) is 0 Å². The van der Waals surface area contributed by atoms with Crippen molar-refractivity contribution in [3.05, 3.63) is 29.6 Å². The first-order chi connectivity index (χ1) is 15.3. The smallest absolute Gasteiger partial charge is 0.315 e. The van der Waals surface area contributed by atoms with Crippen LogP contribution in [0.3, 0.4) is 0 Å². The third-order valence-electron chi connectivity index (χ3n) is 6.42. The molecule has 0 bridgehead atoms. The highest BCUT2D eigenvalue weighted by atomic mass is 16.2. The van der Waals surface area contributed by atoms with Crippen molar-refractivity contribution in [3.63, 3.8) is 0 Å². The molecule has 32 heavy (non-hydrogen) atoms. The van der Waals surface area contributed by atoms with Crippen LogP contribution in [-0.2, 0) is 16.1 Å². The first-order valence-electron chi connectivity index (χ1n) is 11.6. The zero-order chi connectivity index (χ0) is 22.8. The quantitative estimate of drug-likeness (QED) is 0.604. The second kappa shape index (κ2) is 9.44. The van der Waals surface area contributed by atoms with Crippen LogP contribution < -0.4 is 16.0 Å². The summed E-state index contributed by atoms with van der Waals surface area (Å²) in [5.41, 5.74) is 2.08. The van der Waals surface area contributed by atoms with Gasteiger partial charge >= 0.3 is 6.03 Å². The van der Waals surface area contributed by atoms with Gasteiger partial charge in [-0.3, -0.25) is 19.5 Å². The van der Waals surface area contributed by atoms with Crippen molar-refractivity contribution < 1.29 is 14.4 Å². The number of rotatable bonds is 6. The van der Waals surface area contributed by atoms with Crippen LogP contribution in [0.2, 0.25) is 0 Å². The van der Waals surface area contributed by atoms with Gasteiger partial charge in [0.05, 0.1) is 11.7 Å². The third kappa shape index (κ3) is 5.38. The van der Waals surface area contributed by atoms with E-state index in [9.17, 15) is 14.4 Å². The second-order valence-corrected chi connectivity index (χ2v) is 9.65. The van der Waals surface area contributed by atoms with Crippen LogP contribution in [0.15, 0.2) is 18.3 Å². The highest BCUT2D eigenvalue weighted by Crippen LogP contribution is 2.30. The van der Waals surface area contributed by atoms with Crippen LogP contribution >= 0.6 is 0 Å². The van der Waals surface area contributed by atoms with E-state index in [-0.39, 0.29) is 41.9 Å². The Kier molecular flexibility index (Phi) is 6.64. The van der Waals surface area contributed by atoms with E-state index in [0.717, 1.165) is 24.1 Å². The van der Waals surface area contributed by atoms with Crippen molar-refractivity contribution in [2.24, 2.45) is 5.92 Å². The van der Waals surface area contributed by atoms with Crippen molar-refractivity contribution in [2.45, 2.75) is 70.7 Å². The number of aromatic nitrogens is 1. The fourth-order valence-corrected chi connectivity index (χ4v) is 4.63. The molecule has 3 atom stereocenters. The summed E-state index contributed by atoms with van der Waals surface area (Å²) in [4.78, 5) is 46.7. The molecule has 0 unspecified atom stereocenters. The van der Waals surface area contributed by atoms with Gasteiger partial charge in [0.25, 0.3) is 0 Å². The van der Waals surface area contributed by atoms with Gasteiger partial charge in [0.15, 0.2) is 0 Å². The van der Waals surface area contributed by atoms with E-state index < -0.39 is 6.04 Å². The molecule has 2 saturated heterocycles. The minimum absolute atomic E-state index is 0.0151. The summed E-state index contributed by atoms with van der Waals surface area (Å²) in [6.07, 6.45) is 4.27. The first-order valence-corrected chi connectivity index (χ1v) is 11.6. The molecule has 0 spiro atoms. The largest absolute Gasteiger partial charge is 0.343 e. The predicted molar refractivity (Wildman–Crippen MR) is 120 cm³/mol.